The second-order valence-electron chi connectivity index (χ2n) is 12.3. The Labute approximate surface area is 400 Å². The average molecular weight is 1710 g/mol. The molecule has 0 saturated carbocycles. The van der Waals surface area contributed by atoms with Gasteiger partial charge < -0.3 is 0 Å². The maximum absolute atomic E-state index is 2.78. The Morgan fingerprint density at radius 3 is 0.462 bits per heavy atom. The molecule has 10 heteroatoms. The normalized spacial score (nSPS) is 11.0. The SMILES string of the molecule is Cc1ccc([As+](I)(c2ccc(C)cc2)c2ccc(C)cc2)cc1.Cc1ccc([As+](I)(c2ccc(C)cc2)c2ccc(C)cc2)cc1.I[I-]I.I[I-]I. The molecule has 0 amide bonds. The predicted octanol–water partition coefficient (Wildman–Crippen LogP) is 5.58. The number of rotatable bonds is 6. The fourth-order valence-electron chi connectivity index (χ4n) is 5.40. The minimum atomic E-state index is -2.40. The van der Waals surface area contributed by atoms with Gasteiger partial charge in [-0.25, -0.2) is 0 Å². The van der Waals surface area contributed by atoms with E-state index < -0.39 is 20.4 Å². The maximum atomic E-state index is 2.78. The number of halogens is 8. The first-order valence-electron chi connectivity index (χ1n) is 16.2. The Bertz CT molecular complexity index is 1550. The standard InChI is InChI=1S/2C21H21AsI.2I3/c2*1-16-4-10-19(11-5-16)22(23,20-12-6-17(2)7-13-20)21-14-8-18(3)9-15-21;2*1-3-2/h2*4-15H,1-3H3;;/q2*+1;2*-1. The van der Waals surface area contributed by atoms with Gasteiger partial charge in [0.15, 0.2) is 0 Å². The van der Waals surface area contributed by atoms with Crippen molar-refractivity contribution in [2.75, 3.05) is 0 Å². The van der Waals surface area contributed by atoms with Gasteiger partial charge in [0.2, 0.25) is 0 Å². The van der Waals surface area contributed by atoms with E-state index in [1.807, 2.05) is 0 Å². The van der Waals surface area contributed by atoms with Gasteiger partial charge in [0, 0.05) is 0 Å². The molecule has 52 heavy (non-hydrogen) atoms. The van der Waals surface area contributed by atoms with Gasteiger partial charge in [0.25, 0.3) is 0 Å². The quantitative estimate of drug-likeness (QED) is 0.151. The summed E-state index contributed by atoms with van der Waals surface area (Å²) in [6.07, 6.45) is 0. The molecular weight excluding hydrogens is 1670 g/mol. The van der Waals surface area contributed by atoms with Gasteiger partial charge in [-0.3, -0.25) is 0 Å². The van der Waals surface area contributed by atoms with Crippen molar-refractivity contribution in [2.24, 2.45) is 0 Å². The summed E-state index contributed by atoms with van der Waals surface area (Å²) >= 11 is 16.2. The summed E-state index contributed by atoms with van der Waals surface area (Å²) in [7, 11) is -4.81. The average Bonchev–Trinajstić information content (AvgIpc) is 3.14. The number of aryl methyl sites for hydroxylation is 6. The van der Waals surface area contributed by atoms with E-state index in [4.69, 9.17) is 0 Å². The molecule has 0 aromatic heterocycles. The van der Waals surface area contributed by atoms with Crippen molar-refractivity contribution in [1.29, 1.82) is 0 Å². The molecule has 0 spiro atoms. The summed E-state index contributed by atoms with van der Waals surface area (Å²) in [5.41, 5.74) is 7.92. The van der Waals surface area contributed by atoms with Crippen LogP contribution in [0.3, 0.4) is 0 Å². The van der Waals surface area contributed by atoms with Crippen LogP contribution in [0.4, 0.5) is 0 Å². The third-order valence-electron chi connectivity index (χ3n) is 8.34. The zero-order valence-electron chi connectivity index (χ0n) is 29.8. The van der Waals surface area contributed by atoms with Crippen molar-refractivity contribution in [3.63, 3.8) is 0 Å². The van der Waals surface area contributed by atoms with Crippen LogP contribution in [0.25, 0.3) is 0 Å². The second kappa shape index (κ2) is 25.0. The molecule has 276 valence electrons. The van der Waals surface area contributed by atoms with E-state index in [-0.39, 0.29) is 0 Å². The summed E-state index contributed by atoms with van der Waals surface area (Å²) in [5, 5.41) is 0. The molecule has 0 aliphatic carbocycles. The molecule has 0 bridgehead atoms. The van der Waals surface area contributed by atoms with Crippen LogP contribution in [0.2, 0.25) is 0 Å². The van der Waals surface area contributed by atoms with Crippen molar-refractivity contribution in [3.8, 4) is 0 Å². The Hall–Kier alpha value is 2.28. The van der Waals surface area contributed by atoms with Gasteiger partial charge in [-0.05, 0) is 0 Å². The van der Waals surface area contributed by atoms with Crippen molar-refractivity contribution in [2.45, 2.75) is 41.5 Å². The van der Waals surface area contributed by atoms with Gasteiger partial charge in [-0.2, -0.15) is 0 Å². The van der Waals surface area contributed by atoms with Gasteiger partial charge >= 0.3 is 408 Å². The van der Waals surface area contributed by atoms with E-state index in [1.54, 1.807) is 0 Å². The van der Waals surface area contributed by atoms with Crippen molar-refractivity contribution in [3.05, 3.63) is 179 Å². The van der Waals surface area contributed by atoms with E-state index in [1.165, 1.54) is 59.5 Å². The number of hydrogen-bond donors (Lipinski definition) is 0. The zero-order valence-corrected chi connectivity index (χ0v) is 50.8. The number of hydrogen-bond acceptors (Lipinski definition) is 0. The molecule has 0 N–H and O–H groups in total. The van der Waals surface area contributed by atoms with E-state index in [9.17, 15) is 0 Å². The molecule has 6 aromatic rings. The van der Waals surface area contributed by atoms with Crippen LogP contribution in [0.15, 0.2) is 146 Å². The van der Waals surface area contributed by atoms with Crippen molar-refractivity contribution in [1.82, 2.24) is 0 Å². The summed E-state index contributed by atoms with van der Waals surface area (Å²) in [6, 6.07) is 54.8. The Morgan fingerprint density at radius 2 is 0.365 bits per heavy atom. The summed E-state index contributed by atoms with van der Waals surface area (Å²) in [6.45, 7) is 12.9. The Kier molecular flexibility index (Phi) is 23.4. The van der Waals surface area contributed by atoms with Crippen LogP contribution in [0.5, 0.6) is 0 Å². The van der Waals surface area contributed by atoms with Crippen LogP contribution in [0, 0.1) is 41.5 Å². The molecule has 6 aromatic carbocycles. The summed E-state index contributed by atoms with van der Waals surface area (Å²) in [4.78, 5) is 0. The first kappa shape index (κ1) is 48.6. The van der Waals surface area contributed by atoms with Crippen LogP contribution >= 0.6 is 115 Å². The van der Waals surface area contributed by atoms with Gasteiger partial charge in [-0.15, -0.1) is 0 Å². The predicted molar refractivity (Wildman–Crippen MR) is 281 cm³/mol. The molecule has 0 radical (unpaired) electrons. The monoisotopic (exact) mass is 1710 g/mol. The van der Waals surface area contributed by atoms with Crippen molar-refractivity contribution < 1.29 is 26.5 Å². The molecule has 0 aliphatic rings. The molecular formula is C42H42As2I8. The molecule has 0 saturated heterocycles. The molecule has 0 atom stereocenters. The molecule has 6 rings (SSSR count). The van der Waals surface area contributed by atoms with Gasteiger partial charge in [0.05, 0.1) is 0 Å². The molecule has 0 fully saturated rings. The summed E-state index contributed by atoms with van der Waals surface area (Å²) in [5.74, 6) is 0. The van der Waals surface area contributed by atoms with Gasteiger partial charge in [-0.1, -0.05) is 0 Å². The van der Waals surface area contributed by atoms with E-state index >= 15 is 0 Å². The minimum absolute atomic E-state index is 0.530. The van der Waals surface area contributed by atoms with Crippen LogP contribution in [-0.4, -0.2) is 20.4 Å². The first-order valence-corrected chi connectivity index (χ1v) is 58.4. The fraction of sp³-hybridized carbons (Fsp3) is 0.143. The topological polar surface area (TPSA) is 0 Å². The van der Waals surface area contributed by atoms with E-state index in [0.717, 1.165) is 0 Å². The van der Waals surface area contributed by atoms with Crippen LogP contribution < -0.4 is 52.6 Å². The van der Waals surface area contributed by atoms with Crippen molar-refractivity contribution >= 4 is 161 Å². The Balaban J connectivity index is 0.000000244. The molecule has 0 nitrogen and oxygen atoms in total. The Morgan fingerprint density at radius 1 is 0.269 bits per heavy atom. The molecule has 0 aliphatic heterocycles. The fourth-order valence-corrected chi connectivity index (χ4v) is 26.2. The first-order chi connectivity index (χ1) is 24.8. The summed E-state index contributed by atoms with van der Waals surface area (Å²) < 4.78 is 8.93. The van der Waals surface area contributed by atoms with Gasteiger partial charge in [0.1, 0.15) is 0 Å². The zero-order chi connectivity index (χ0) is 38.3. The number of benzene rings is 6. The van der Waals surface area contributed by atoms with Crippen LogP contribution in [-0.2, 0) is 0 Å². The molecule has 0 unspecified atom stereocenters. The molecule has 0 heterocycles. The third kappa shape index (κ3) is 14.2. The van der Waals surface area contributed by atoms with E-state index in [2.05, 4.69) is 302 Å². The van der Waals surface area contributed by atoms with E-state index in [0.29, 0.717) is 26.5 Å². The second-order valence-corrected chi connectivity index (χ2v) is 71.3. The van der Waals surface area contributed by atoms with Crippen LogP contribution in [0.1, 0.15) is 33.4 Å². The third-order valence-corrected chi connectivity index (χ3v) is 38.4.